The molecular weight excluding hydrogens is 264 g/mol. The van der Waals surface area contributed by atoms with Gasteiger partial charge in [0.05, 0.1) is 5.56 Å². The Bertz CT molecular complexity index is 580. The second-order valence-corrected chi connectivity index (χ2v) is 5.89. The first kappa shape index (κ1) is 15.3. The Morgan fingerprint density at radius 3 is 2.05 bits per heavy atom. The fraction of sp³-hybridized carbons (Fsp3) is 0.222. The van der Waals surface area contributed by atoms with E-state index in [-0.39, 0.29) is 5.41 Å². The normalized spacial score (nSPS) is 11.2. The van der Waals surface area contributed by atoms with Crippen LogP contribution >= 0.6 is 0 Å². The van der Waals surface area contributed by atoms with Crippen molar-refractivity contribution in [3.63, 3.8) is 0 Å². The zero-order valence-electron chi connectivity index (χ0n) is 12.5. The van der Waals surface area contributed by atoms with Crippen molar-refractivity contribution >= 4 is 5.97 Å². The van der Waals surface area contributed by atoms with Crippen molar-refractivity contribution in [2.75, 3.05) is 0 Å². The molecule has 21 heavy (non-hydrogen) atoms. The van der Waals surface area contributed by atoms with Gasteiger partial charge in [0.2, 0.25) is 0 Å². The van der Waals surface area contributed by atoms with Gasteiger partial charge < -0.3 is 0 Å². The van der Waals surface area contributed by atoms with Crippen molar-refractivity contribution in [1.82, 2.24) is 0 Å². The summed E-state index contributed by atoms with van der Waals surface area (Å²) in [5.74, 6) is -0.505. The van der Waals surface area contributed by atoms with E-state index < -0.39 is 5.97 Å². The molecule has 0 fully saturated rings. The molecule has 109 valence electrons. The molecule has 0 aromatic heterocycles. The van der Waals surface area contributed by atoms with Crippen LogP contribution in [0, 0.1) is 12.0 Å². The summed E-state index contributed by atoms with van der Waals surface area (Å²) in [5.41, 5.74) is 2.44. The van der Waals surface area contributed by atoms with Gasteiger partial charge in [-0.2, -0.15) is 4.89 Å². The molecule has 0 atom stereocenters. The first-order valence-corrected chi connectivity index (χ1v) is 6.83. The molecule has 3 nitrogen and oxygen atoms in total. The third-order valence-electron chi connectivity index (χ3n) is 2.75. The molecule has 0 unspecified atom stereocenters. The minimum Gasteiger partial charge on any atom is -0.292 e. The Morgan fingerprint density at radius 1 is 0.905 bits per heavy atom. The van der Waals surface area contributed by atoms with E-state index in [1.165, 1.54) is 6.61 Å². The van der Waals surface area contributed by atoms with Crippen molar-refractivity contribution < 1.29 is 14.6 Å². The highest BCUT2D eigenvalue weighted by atomic mass is 17.2. The summed E-state index contributed by atoms with van der Waals surface area (Å²) in [6.45, 7) is 7.35. The zero-order chi connectivity index (χ0) is 15.3. The Hall–Kier alpha value is -2.13. The van der Waals surface area contributed by atoms with Crippen molar-refractivity contribution in [1.29, 1.82) is 0 Å². The highest BCUT2D eigenvalue weighted by molar-refractivity contribution is 5.89. The largest absolute Gasteiger partial charge is 0.373 e. The van der Waals surface area contributed by atoms with Crippen LogP contribution in [0.5, 0.6) is 0 Å². The zero-order valence-corrected chi connectivity index (χ0v) is 12.5. The molecule has 2 aromatic carbocycles. The second kappa shape index (κ2) is 6.55. The van der Waals surface area contributed by atoms with Gasteiger partial charge in [-0.05, 0) is 28.7 Å². The summed E-state index contributed by atoms with van der Waals surface area (Å²) < 4.78 is 0. The first-order valence-electron chi connectivity index (χ1n) is 6.83. The van der Waals surface area contributed by atoms with Crippen LogP contribution in [0.2, 0.25) is 0 Å². The number of hydrogen-bond donors (Lipinski definition) is 0. The summed E-state index contributed by atoms with van der Waals surface area (Å²) >= 11 is 0. The molecule has 1 radical (unpaired) electrons. The third-order valence-corrected chi connectivity index (χ3v) is 2.75. The summed E-state index contributed by atoms with van der Waals surface area (Å²) in [7, 11) is 0. The van der Waals surface area contributed by atoms with Crippen molar-refractivity contribution in [2.24, 2.45) is 5.41 Å². The molecule has 0 saturated heterocycles. The molecule has 0 N–H and O–H groups in total. The van der Waals surface area contributed by atoms with E-state index in [4.69, 9.17) is 9.78 Å². The van der Waals surface area contributed by atoms with Crippen LogP contribution in [0.15, 0.2) is 54.6 Å². The molecular formula is C18H19O3. The maximum absolute atomic E-state index is 11.8. The lowest BCUT2D eigenvalue weighted by Gasteiger charge is -2.15. The molecule has 2 rings (SSSR count). The summed E-state index contributed by atoms with van der Waals surface area (Å²) in [4.78, 5) is 21.4. The quantitative estimate of drug-likeness (QED) is 0.605. The molecule has 0 bridgehead atoms. The van der Waals surface area contributed by atoms with Gasteiger partial charge in [-0.1, -0.05) is 63.2 Å². The van der Waals surface area contributed by atoms with Gasteiger partial charge in [-0.25, -0.2) is 4.79 Å². The van der Waals surface area contributed by atoms with Crippen LogP contribution in [0.25, 0.3) is 11.1 Å². The van der Waals surface area contributed by atoms with E-state index in [0.717, 1.165) is 11.1 Å². The molecule has 3 heteroatoms. The van der Waals surface area contributed by atoms with Gasteiger partial charge in [0, 0.05) is 0 Å². The third kappa shape index (κ3) is 4.72. The summed E-state index contributed by atoms with van der Waals surface area (Å²) in [6, 6.07) is 17.2. The highest BCUT2D eigenvalue weighted by Gasteiger charge is 2.15. The molecule has 0 heterocycles. The van der Waals surface area contributed by atoms with Gasteiger partial charge in [-0.15, -0.1) is 0 Å². The van der Waals surface area contributed by atoms with Gasteiger partial charge in [-0.3, -0.25) is 4.89 Å². The van der Waals surface area contributed by atoms with Crippen LogP contribution < -0.4 is 0 Å². The lowest BCUT2D eigenvalue weighted by molar-refractivity contribution is -0.224. The monoisotopic (exact) mass is 283 g/mol. The van der Waals surface area contributed by atoms with Gasteiger partial charge in [0.15, 0.2) is 0 Å². The second-order valence-electron chi connectivity index (χ2n) is 5.89. The van der Waals surface area contributed by atoms with Crippen LogP contribution in [-0.4, -0.2) is 5.97 Å². The maximum Gasteiger partial charge on any atom is 0.373 e. The molecule has 0 spiro atoms. The summed E-state index contributed by atoms with van der Waals surface area (Å²) in [5, 5.41) is 0. The van der Waals surface area contributed by atoms with Crippen LogP contribution in [0.4, 0.5) is 0 Å². The number of hydrogen-bond acceptors (Lipinski definition) is 3. The van der Waals surface area contributed by atoms with Crippen molar-refractivity contribution in [3.05, 3.63) is 66.8 Å². The topological polar surface area (TPSA) is 35.5 Å². The van der Waals surface area contributed by atoms with Crippen molar-refractivity contribution in [2.45, 2.75) is 20.8 Å². The molecule has 0 aliphatic rings. The standard InChI is InChI=1S/C18H19O3/c1-18(2,3)13-20-21-17(19)16-11-9-15(10-12-16)14-7-5-4-6-8-14/h4-13H,1-3H3. The van der Waals surface area contributed by atoms with Gasteiger partial charge >= 0.3 is 5.97 Å². The lowest BCUT2D eigenvalue weighted by Crippen LogP contribution is -2.12. The SMILES string of the molecule is CC(C)(C)[CH]OOC(=O)c1ccc(-c2ccccc2)cc1. The Kier molecular flexibility index (Phi) is 4.76. The maximum atomic E-state index is 11.8. The van der Waals surface area contributed by atoms with Gasteiger partial charge in [0.25, 0.3) is 0 Å². The Balaban J connectivity index is 1.97. The van der Waals surface area contributed by atoms with E-state index >= 15 is 0 Å². The molecule has 0 amide bonds. The minimum absolute atomic E-state index is 0.169. The van der Waals surface area contributed by atoms with E-state index in [0.29, 0.717) is 5.56 Å². The average Bonchev–Trinajstić information content (AvgIpc) is 2.47. The molecule has 0 aliphatic carbocycles. The molecule has 0 saturated carbocycles. The highest BCUT2D eigenvalue weighted by Crippen LogP contribution is 2.20. The number of rotatable bonds is 4. The van der Waals surface area contributed by atoms with E-state index in [1.54, 1.807) is 12.1 Å². The summed E-state index contributed by atoms with van der Waals surface area (Å²) in [6.07, 6.45) is 0. The van der Waals surface area contributed by atoms with Crippen molar-refractivity contribution in [3.8, 4) is 11.1 Å². The number of carbonyl (C=O) groups is 1. The van der Waals surface area contributed by atoms with Crippen LogP contribution in [0.1, 0.15) is 31.1 Å². The van der Waals surface area contributed by atoms with Crippen LogP contribution in [0.3, 0.4) is 0 Å². The molecule has 0 aliphatic heterocycles. The first-order chi connectivity index (χ1) is 9.96. The predicted octanol–water partition coefficient (Wildman–Crippen LogP) is 4.65. The average molecular weight is 283 g/mol. The van der Waals surface area contributed by atoms with E-state index in [9.17, 15) is 4.79 Å². The van der Waals surface area contributed by atoms with Crippen LogP contribution in [-0.2, 0) is 9.78 Å². The lowest BCUT2D eigenvalue weighted by atomic mass is 9.99. The van der Waals surface area contributed by atoms with E-state index in [1.807, 2.05) is 63.2 Å². The fourth-order valence-corrected chi connectivity index (χ4v) is 1.69. The van der Waals surface area contributed by atoms with Gasteiger partial charge in [0.1, 0.15) is 6.61 Å². The fourth-order valence-electron chi connectivity index (χ4n) is 1.69. The Labute approximate surface area is 125 Å². The Morgan fingerprint density at radius 2 is 1.48 bits per heavy atom. The van der Waals surface area contributed by atoms with E-state index in [2.05, 4.69) is 0 Å². The smallest absolute Gasteiger partial charge is 0.292 e. The predicted molar refractivity (Wildman–Crippen MR) is 82.1 cm³/mol. The number of benzene rings is 2. The molecule has 2 aromatic rings. The number of carbonyl (C=O) groups excluding carboxylic acids is 1. The minimum atomic E-state index is -0.505.